The standard InChI is InChI=1S/C17H17NO6/c1-9-15(10-4-5-14(22-3)18-8-10)24-16-12(21-2)6-11(17(19)20)7-13(16)23-9/h4-9,15H,1-3H3,(H,19,20)/t9-,15+/m0/s1. The summed E-state index contributed by atoms with van der Waals surface area (Å²) in [7, 11) is 3.00. The number of fused-ring (bicyclic) bond motifs is 1. The zero-order valence-electron chi connectivity index (χ0n) is 13.5. The molecule has 7 nitrogen and oxygen atoms in total. The molecule has 24 heavy (non-hydrogen) atoms. The number of aromatic carboxylic acids is 1. The summed E-state index contributed by atoms with van der Waals surface area (Å²) < 4.78 is 22.2. The number of hydrogen-bond donors (Lipinski definition) is 1. The lowest BCUT2D eigenvalue weighted by Gasteiger charge is -2.33. The van der Waals surface area contributed by atoms with E-state index in [-0.39, 0.29) is 11.7 Å². The second-order valence-corrected chi connectivity index (χ2v) is 5.31. The Hall–Kier alpha value is -2.96. The number of hydrogen-bond acceptors (Lipinski definition) is 6. The van der Waals surface area contributed by atoms with Gasteiger partial charge in [0.15, 0.2) is 17.6 Å². The molecule has 1 N–H and O–H groups in total. The van der Waals surface area contributed by atoms with Gasteiger partial charge in [-0.2, -0.15) is 0 Å². The molecule has 0 amide bonds. The molecule has 2 aromatic rings. The van der Waals surface area contributed by atoms with E-state index in [4.69, 9.17) is 18.9 Å². The third kappa shape index (κ3) is 2.80. The summed E-state index contributed by atoms with van der Waals surface area (Å²) >= 11 is 0. The lowest BCUT2D eigenvalue weighted by atomic mass is 10.0. The predicted octanol–water partition coefficient (Wildman–Crippen LogP) is 2.70. The minimum Gasteiger partial charge on any atom is -0.493 e. The second kappa shape index (κ2) is 6.27. The fourth-order valence-corrected chi connectivity index (χ4v) is 2.56. The van der Waals surface area contributed by atoms with Gasteiger partial charge in [-0.3, -0.25) is 0 Å². The van der Waals surface area contributed by atoms with E-state index >= 15 is 0 Å². The van der Waals surface area contributed by atoms with Crippen molar-refractivity contribution in [3.8, 4) is 23.1 Å². The maximum atomic E-state index is 11.2. The van der Waals surface area contributed by atoms with Crippen LogP contribution in [-0.4, -0.2) is 36.4 Å². The van der Waals surface area contributed by atoms with Gasteiger partial charge < -0.3 is 24.1 Å². The van der Waals surface area contributed by atoms with Crippen molar-refractivity contribution in [3.63, 3.8) is 0 Å². The summed E-state index contributed by atoms with van der Waals surface area (Å²) in [5, 5.41) is 9.18. The molecule has 7 heteroatoms. The number of carbonyl (C=O) groups is 1. The molecule has 0 radical (unpaired) electrons. The number of carboxylic acid groups (broad SMARTS) is 1. The molecule has 0 bridgehead atoms. The molecule has 2 atom stereocenters. The molecule has 0 spiro atoms. The highest BCUT2D eigenvalue weighted by atomic mass is 16.6. The van der Waals surface area contributed by atoms with E-state index < -0.39 is 12.1 Å². The fraction of sp³-hybridized carbons (Fsp3) is 0.294. The molecule has 1 aromatic carbocycles. The Morgan fingerprint density at radius 3 is 2.58 bits per heavy atom. The van der Waals surface area contributed by atoms with Crippen molar-refractivity contribution in [3.05, 3.63) is 41.6 Å². The quantitative estimate of drug-likeness (QED) is 0.921. The summed E-state index contributed by atoms with van der Waals surface area (Å²) in [4.78, 5) is 15.4. The van der Waals surface area contributed by atoms with Crippen LogP contribution in [0, 0.1) is 0 Å². The van der Waals surface area contributed by atoms with E-state index in [2.05, 4.69) is 4.98 Å². The van der Waals surface area contributed by atoms with Crippen LogP contribution in [0.2, 0.25) is 0 Å². The largest absolute Gasteiger partial charge is 0.493 e. The number of rotatable bonds is 4. The molecule has 2 heterocycles. The minimum atomic E-state index is -1.06. The number of carboxylic acids is 1. The van der Waals surface area contributed by atoms with E-state index in [1.165, 1.54) is 19.2 Å². The smallest absolute Gasteiger partial charge is 0.335 e. The molecule has 0 saturated carbocycles. The number of nitrogens with zero attached hydrogens (tertiary/aromatic N) is 1. The number of benzene rings is 1. The van der Waals surface area contributed by atoms with Crippen LogP contribution in [0.3, 0.4) is 0 Å². The first-order valence-electron chi connectivity index (χ1n) is 7.32. The summed E-state index contributed by atoms with van der Waals surface area (Å²) in [5.41, 5.74) is 0.893. The lowest BCUT2D eigenvalue weighted by Crippen LogP contribution is -2.31. The van der Waals surface area contributed by atoms with Crippen LogP contribution in [0.4, 0.5) is 0 Å². The Kier molecular flexibility index (Phi) is 4.16. The molecular formula is C17H17NO6. The zero-order valence-corrected chi connectivity index (χ0v) is 13.5. The first-order chi connectivity index (χ1) is 11.5. The Bertz CT molecular complexity index is 758. The maximum Gasteiger partial charge on any atom is 0.335 e. The van der Waals surface area contributed by atoms with Gasteiger partial charge in [0.25, 0.3) is 0 Å². The van der Waals surface area contributed by atoms with E-state index in [1.54, 1.807) is 19.4 Å². The lowest BCUT2D eigenvalue weighted by molar-refractivity contribution is 0.0276. The first kappa shape index (κ1) is 15.9. The van der Waals surface area contributed by atoms with Crippen LogP contribution in [0.15, 0.2) is 30.5 Å². The molecule has 126 valence electrons. The normalized spacial score (nSPS) is 18.8. The van der Waals surface area contributed by atoms with Gasteiger partial charge in [0.05, 0.1) is 19.8 Å². The van der Waals surface area contributed by atoms with E-state index in [0.717, 1.165) is 5.56 Å². The number of ether oxygens (including phenoxy) is 4. The second-order valence-electron chi connectivity index (χ2n) is 5.31. The van der Waals surface area contributed by atoms with E-state index in [1.807, 2.05) is 13.0 Å². The molecule has 0 aliphatic carbocycles. The highest BCUT2D eigenvalue weighted by Gasteiger charge is 2.33. The first-order valence-corrected chi connectivity index (χ1v) is 7.32. The van der Waals surface area contributed by atoms with Gasteiger partial charge in [-0.05, 0) is 25.1 Å². The third-order valence-electron chi connectivity index (χ3n) is 3.77. The van der Waals surface area contributed by atoms with Crippen LogP contribution < -0.4 is 18.9 Å². The van der Waals surface area contributed by atoms with Crippen molar-refractivity contribution in [1.82, 2.24) is 4.98 Å². The van der Waals surface area contributed by atoms with Crippen LogP contribution in [0.25, 0.3) is 0 Å². The number of methoxy groups -OCH3 is 2. The van der Waals surface area contributed by atoms with E-state index in [0.29, 0.717) is 23.1 Å². The molecule has 1 aromatic heterocycles. The van der Waals surface area contributed by atoms with Gasteiger partial charge in [-0.25, -0.2) is 9.78 Å². The molecule has 1 aliphatic rings. The van der Waals surface area contributed by atoms with Crippen LogP contribution in [-0.2, 0) is 0 Å². The maximum absolute atomic E-state index is 11.2. The summed E-state index contributed by atoms with van der Waals surface area (Å²) in [5.74, 6) is 0.475. The van der Waals surface area contributed by atoms with E-state index in [9.17, 15) is 9.90 Å². The average Bonchev–Trinajstić information content (AvgIpc) is 2.60. The average molecular weight is 331 g/mol. The number of aromatic nitrogens is 1. The number of pyridine rings is 1. The monoisotopic (exact) mass is 331 g/mol. The molecule has 0 saturated heterocycles. The topological polar surface area (TPSA) is 87.1 Å². The van der Waals surface area contributed by atoms with Crippen molar-refractivity contribution in [2.45, 2.75) is 19.1 Å². The summed E-state index contributed by atoms with van der Waals surface area (Å²) in [6.45, 7) is 1.84. The Morgan fingerprint density at radius 2 is 2.00 bits per heavy atom. The Balaban J connectivity index is 1.98. The molecular weight excluding hydrogens is 314 g/mol. The van der Waals surface area contributed by atoms with Crippen molar-refractivity contribution in [2.75, 3.05) is 14.2 Å². The highest BCUT2D eigenvalue weighted by Crippen LogP contribution is 2.46. The van der Waals surface area contributed by atoms with Gasteiger partial charge in [-0.1, -0.05) is 0 Å². The van der Waals surface area contributed by atoms with Gasteiger partial charge in [0.1, 0.15) is 6.10 Å². The van der Waals surface area contributed by atoms with Crippen LogP contribution in [0.5, 0.6) is 23.1 Å². The Labute approximate surface area is 138 Å². The van der Waals surface area contributed by atoms with Crippen molar-refractivity contribution < 1.29 is 28.8 Å². The highest BCUT2D eigenvalue weighted by molar-refractivity contribution is 5.89. The third-order valence-corrected chi connectivity index (χ3v) is 3.77. The van der Waals surface area contributed by atoms with Crippen molar-refractivity contribution in [1.29, 1.82) is 0 Å². The van der Waals surface area contributed by atoms with Gasteiger partial charge in [0, 0.05) is 17.8 Å². The molecule has 0 fully saturated rings. The molecule has 3 rings (SSSR count). The fourth-order valence-electron chi connectivity index (χ4n) is 2.56. The SMILES string of the molecule is COc1ccc([C@@H]2Oc3c(OC)cc(C(=O)O)cc3O[C@H]2C)cn1. The summed E-state index contributed by atoms with van der Waals surface area (Å²) in [6, 6.07) is 6.42. The Morgan fingerprint density at radius 1 is 1.21 bits per heavy atom. The molecule has 1 aliphatic heterocycles. The van der Waals surface area contributed by atoms with Crippen molar-refractivity contribution >= 4 is 5.97 Å². The van der Waals surface area contributed by atoms with Gasteiger partial charge >= 0.3 is 5.97 Å². The van der Waals surface area contributed by atoms with Gasteiger partial charge in [-0.15, -0.1) is 0 Å². The zero-order chi connectivity index (χ0) is 17.3. The van der Waals surface area contributed by atoms with Crippen molar-refractivity contribution in [2.24, 2.45) is 0 Å². The van der Waals surface area contributed by atoms with Crippen LogP contribution in [0.1, 0.15) is 28.9 Å². The summed E-state index contributed by atoms with van der Waals surface area (Å²) in [6.07, 6.45) is 0.925. The van der Waals surface area contributed by atoms with Crippen LogP contribution >= 0.6 is 0 Å². The minimum absolute atomic E-state index is 0.0750. The molecule has 0 unspecified atom stereocenters. The predicted molar refractivity (Wildman–Crippen MR) is 84.2 cm³/mol. The van der Waals surface area contributed by atoms with Gasteiger partial charge in [0.2, 0.25) is 11.6 Å².